The maximum absolute atomic E-state index is 11.6. The number of hydrogen-bond acceptors (Lipinski definition) is 4. The third-order valence-corrected chi connectivity index (χ3v) is 4.64. The fraction of sp³-hybridized carbons (Fsp3) is 0.429. The Labute approximate surface area is 115 Å². The molecule has 2 aromatic rings. The first-order valence-electron chi connectivity index (χ1n) is 6.35. The summed E-state index contributed by atoms with van der Waals surface area (Å²) >= 11 is 1.58. The molecule has 1 saturated heterocycles. The second-order valence-corrected chi connectivity index (χ2v) is 6.11. The van der Waals surface area contributed by atoms with Gasteiger partial charge in [0.15, 0.2) is 0 Å². The third-order valence-electron chi connectivity index (χ3n) is 3.60. The van der Waals surface area contributed by atoms with Gasteiger partial charge in [-0.3, -0.25) is 4.79 Å². The number of benzene rings is 1. The Morgan fingerprint density at radius 1 is 1.47 bits per heavy atom. The molecule has 1 atom stereocenters. The Hall–Kier alpha value is -1.46. The monoisotopic (exact) mass is 277 g/mol. The average Bonchev–Trinajstić information content (AvgIpc) is 2.81. The molecule has 0 amide bonds. The van der Waals surface area contributed by atoms with Gasteiger partial charge in [0.25, 0.3) is 0 Å². The maximum atomic E-state index is 11.6. The number of fused-ring (bicyclic) bond motifs is 1. The quantitative estimate of drug-likeness (QED) is 0.937. The van der Waals surface area contributed by atoms with Crippen LogP contribution in [0, 0.1) is 5.41 Å². The van der Waals surface area contributed by atoms with Crippen molar-refractivity contribution in [3.8, 4) is 0 Å². The fourth-order valence-corrected chi connectivity index (χ4v) is 3.63. The number of carbonyl (C=O) groups is 1. The van der Waals surface area contributed by atoms with Crippen molar-refractivity contribution in [2.45, 2.75) is 19.3 Å². The zero-order chi connectivity index (χ0) is 13.3. The molecule has 0 aliphatic carbocycles. The van der Waals surface area contributed by atoms with Gasteiger partial charge < -0.3 is 9.84 Å². The highest BCUT2D eigenvalue weighted by Gasteiger charge is 2.41. The number of rotatable bonds is 3. The number of ether oxygens (including phenoxy) is 1. The molecule has 3 rings (SSSR count). The maximum Gasteiger partial charge on any atom is 0.312 e. The van der Waals surface area contributed by atoms with Crippen LogP contribution in [-0.2, 0) is 16.0 Å². The van der Waals surface area contributed by atoms with E-state index in [4.69, 9.17) is 4.74 Å². The van der Waals surface area contributed by atoms with Gasteiger partial charge in [-0.05, 0) is 25.0 Å². The Morgan fingerprint density at radius 3 is 3.00 bits per heavy atom. The number of carboxylic acids is 1. The van der Waals surface area contributed by atoms with Crippen molar-refractivity contribution < 1.29 is 14.6 Å². The van der Waals surface area contributed by atoms with Crippen LogP contribution in [0.5, 0.6) is 0 Å². The molecule has 4 nitrogen and oxygen atoms in total. The first-order valence-corrected chi connectivity index (χ1v) is 7.17. The van der Waals surface area contributed by atoms with Crippen LogP contribution in [0.2, 0.25) is 0 Å². The van der Waals surface area contributed by atoms with Crippen molar-refractivity contribution in [2.75, 3.05) is 13.2 Å². The summed E-state index contributed by atoms with van der Waals surface area (Å²) in [5.74, 6) is -0.772. The topological polar surface area (TPSA) is 59.4 Å². The zero-order valence-electron chi connectivity index (χ0n) is 10.5. The van der Waals surface area contributed by atoms with Crippen LogP contribution in [0.25, 0.3) is 10.2 Å². The summed E-state index contributed by atoms with van der Waals surface area (Å²) in [7, 11) is 0. The van der Waals surface area contributed by atoms with Crippen molar-refractivity contribution in [2.24, 2.45) is 5.41 Å². The number of aliphatic carboxylic acids is 1. The van der Waals surface area contributed by atoms with Gasteiger partial charge >= 0.3 is 5.97 Å². The fourth-order valence-electron chi connectivity index (χ4n) is 2.52. The number of carboxylic acid groups (broad SMARTS) is 1. The van der Waals surface area contributed by atoms with Crippen LogP contribution in [0.15, 0.2) is 24.3 Å². The van der Waals surface area contributed by atoms with Crippen molar-refractivity contribution in [1.82, 2.24) is 4.98 Å². The minimum absolute atomic E-state index is 0.290. The van der Waals surface area contributed by atoms with Gasteiger partial charge in [-0.25, -0.2) is 4.98 Å². The highest BCUT2D eigenvalue weighted by molar-refractivity contribution is 7.18. The molecule has 1 aliphatic rings. The number of hydrogen-bond donors (Lipinski definition) is 1. The van der Waals surface area contributed by atoms with E-state index in [2.05, 4.69) is 4.98 Å². The smallest absolute Gasteiger partial charge is 0.312 e. The van der Waals surface area contributed by atoms with E-state index in [0.717, 1.165) is 21.6 Å². The Balaban J connectivity index is 1.91. The van der Waals surface area contributed by atoms with Crippen LogP contribution in [0.1, 0.15) is 17.8 Å². The molecule has 19 heavy (non-hydrogen) atoms. The molecule has 1 unspecified atom stereocenters. The lowest BCUT2D eigenvalue weighted by atomic mass is 9.80. The second-order valence-electron chi connectivity index (χ2n) is 4.99. The lowest BCUT2D eigenvalue weighted by Gasteiger charge is -2.32. The third kappa shape index (κ3) is 2.35. The summed E-state index contributed by atoms with van der Waals surface area (Å²) in [6, 6.07) is 7.89. The normalized spacial score (nSPS) is 23.6. The first-order chi connectivity index (χ1) is 9.20. The average molecular weight is 277 g/mol. The van der Waals surface area contributed by atoms with E-state index in [0.29, 0.717) is 19.4 Å². The van der Waals surface area contributed by atoms with E-state index >= 15 is 0 Å². The van der Waals surface area contributed by atoms with E-state index < -0.39 is 11.4 Å². The number of nitrogens with zero attached hydrogens (tertiary/aromatic N) is 1. The van der Waals surface area contributed by atoms with Crippen molar-refractivity contribution >= 4 is 27.5 Å². The molecule has 5 heteroatoms. The largest absolute Gasteiger partial charge is 0.481 e. The molecule has 1 fully saturated rings. The Morgan fingerprint density at radius 2 is 2.32 bits per heavy atom. The number of thiazole rings is 1. The molecule has 1 aromatic heterocycles. The molecule has 1 N–H and O–H groups in total. The zero-order valence-corrected chi connectivity index (χ0v) is 11.3. The van der Waals surface area contributed by atoms with Crippen molar-refractivity contribution in [1.29, 1.82) is 0 Å². The molecular formula is C14H15NO3S. The summed E-state index contributed by atoms with van der Waals surface area (Å²) < 4.78 is 6.50. The highest BCUT2D eigenvalue weighted by Crippen LogP contribution is 2.35. The second kappa shape index (κ2) is 4.90. The summed E-state index contributed by atoms with van der Waals surface area (Å²) in [5, 5.41) is 10.4. The van der Waals surface area contributed by atoms with Gasteiger partial charge in [-0.2, -0.15) is 0 Å². The predicted octanol–water partition coefficient (Wildman–Crippen LogP) is 2.72. The molecule has 0 radical (unpaired) electrons. The van der Waals surface area contributed by atoms with Gasteiger partial charge in [0.2, 0.25) is 0 Å². The van der Waals surface area contributed by atoms with Gasteiger partial charge in [0, 0.05) is 13.0 Å². The summed E-state index contributed by atoms with van der Waals surface area (Å²) in [4.78, 5) is 16.1. The first kappa shape index (κ1) is 12.6. The Kier molecular flexibility index (Phi) is 3.24. The van der Waals surface area contributed by atoms with Crippen LogP contribution >= 0.6 is 11.3 Å². The molecular weight excluding hydrogens is 262 g/mol. The minimum atomic E-state index is -0.799. The molecule has 0 bridgehead atoms. The van der Waals surface area contributed by atoms with Gasteiger partial charge in [-0.1, -0.05) is 12.1 Å². The lowest BCUT2D eigenvalue weighted by molar-refractivity contribution is -0.157. The van der Waals surface area contributed by atoms with E-state index in [-0.39, 0.29) is 6.61 Å². The van der Waals surface area contributed by atoms with E-state index in [1.807, 2.05) is 24.3 Å². The SMILES string of the molecule is O=C(O)C1(Cc2nc3ccccc3s2)CCCOC1. The number of para-hydroxylation sites is 1. The molecule has 0 spiro atoms. The molecule has 1 aromatic carbocycles. The van der Waals surface area contributed by atoms with Crippen molar-refractivity contribution in [3.05, 3.63) is 29.3 Å². The van der Waals surface area contributed by atoms with E-state index in [9.17, 15) is 9.90 Å². The number of aromatic nitrogens is 1. The molecule has 2 heterocycles. The summed E-state index contributed by atoms with van der Waals surface area (Å²) in [6.45, 7) is 0.952. The van der Waals surface area contributed by atoms with E-state index in [1.54, 1.807) is 11.3 Å². The van der Waals surface area contributed by atoms with Crippen LogP contribution < -0.4 is 0 Å². The Bertz CT molecular complexity index is 569. The molecule has 0 saturated carbocycles. The van der Waals surface area contributed by atoms with Gasteiger partial charge in [-0.15, -0.1) is 11.3 Å². The van der Waals surface area contributed by atoms with Crippen LogP contribution in [-0.4, -0.2) is 29.3 Å². The lowest BCUT2D eigenvalue weighted by Crippen LogP contribution is -2.41. The van der Waals surface area contributed by atoms with Crippen molar-refractivity contribution in [3.63, 3.8) is 0 Å². The van der Waals surface area contributed by atoms with E-state index in [1.165, 1.54) is 0 Å². The standard InChI is InChI=1S/C14H15NO3S/c16-13(17)14(6-3-7-18-9-14)8-12-15-10-4-1-2-5-11(10)19-12/h1-2,4-5H,3,6-9H2,(H,16,17). The van der Waals surface area contributed by atoms with Gasteiger partial charge in [0.05, 0.1) is 27.2 Å². The predicted molar refractivity (Wildman–Crippen MR) is 73.4 cm³/mol. The van der Waals surface area contributed by atoms with Gasteiger partial charge in [0.1, 0.15) is 0 Å². The molecule has 100 valence electrons. The molecule has 1 aliphatic heterocycles. The minimum Gasteiger partial charge on any atom is -0.481 e. The summed E-state index contributed by atoms with van der Waals surface area (Å²) in [5.41, 5.74) is 0.145. The van der Waals surface area contributed by atoms with Crippen LogP contribution in [0.4, 0.5) is 0 Å². The van der Waals surface area contributed by atoms with Crippen LogP contribution in [0.3, 0.4) is 0 Å². The highest BCUT2D eigenvalue weighted by atomic mass is 32.1. The summed E-state index contributed by atoms with van der Waals surface area (Å²) in [6.07, 6.45) is 1.93.